The van der Waals surface area contributed by atoms with Gasteiger partial charge in [-0.1, -0.05) is 30.3 Å². The third-order valence-electron chi connectivity index (χ3n) is 3.89. The molecule has 1 aromatic rings. The van der Waals surface area contributed by atoms with Crippen LogP contribution < -0.4 is 0 Å². The highest BCUT2D eigenvalue weighted by Crippen LogP contribution is 2.59. The first-order valence-electron chi connectivity index (χ1n) is 8.05. The van der Waals surface area contributed by atoms with Crippen LogP contribution in [-0.2, 0) is 18.5 Å². The van der Waals surface area contributed by atoms with Crippen LogP contribution in [0.3, 0.4) is 0 Å². The molecule has 0 unspecified atom stereocenters. The second-order valence-corrected chi connectivity index (χ2v) is 7.64. The van der Waals surface area contributed by atoms with Crippen LogP contribution in [0.15, 0.2) is 30.3 Å². The first-order chi connectivity index (χ1) is 11.1. The normalized spacial score (nSPS) is 24.0. The molecule has 0 amide bonds. The van der Waals surface area contributed by atoms with Crippen molar-refractivity contribution in [1.29, 1.82) is 0 Å². The van der Waals surface area contributed by atoms with Gasteiger partial charge in [-0.15, -0.1) is 0 Å². The lowest BCUT2D eigenvalue weighted by molar-refractivity contribution is -0.186. The average molecular weight is 343 g/mol. The van der Waals surface area contributed by atoms with Gasteiger partial charge in [0.05, 0.1) is 25.9 Å². The fourth-order valence-electron chi connectivity index (χ4n) is 2.80. The number of hydrogen-bond acceptors (Lipinski definition) is 6. The minimum atomic E-state index is -3.36. The topological polar surface area (TPSA) is 68.2 Å². The zero-order valence-electron chi connectivity index (χ0n) is 13.9. The lowest BCUT2D eigenvalue weighted by Crippen LogP contribution is -2.32. The van der Waals surface area contributed by atoms with Crippen molar-refractivity contribution >= 4 is 7.60 Å². The molecule has 0 aromatic heterocycles. The summed E-state index contributed by atoms with van der Waals surface area (Å²) in [7, 11) is -3.36. The third-order valence-corrected chi connectivity index (χ3v) is 6.29. The molecule has 2 rings (SSSR count). The van der Waals surface area contributed by atoms with Crippen molar-refractivity contribution < 1.29 is 23.6 Å². The van der Waals surface area contributed by atoms with Gasteiger partial charge in [0.15, 0.2) is 0 Å². The van der Waals surface area contributed by atoms with Gasteiger partial charge in [0.2, 0.25) is 0 Å². The Kier molecular flexibility index (Phi) is 6.77. The molecule has 0 radical (unpaired) electrons. The van der Waals surface area contributed by atoms with Gasteiger partial charge in [-0.25, -0.2) is 0 Å². The molecule has 7 heteroatoms. The van der Waals surface area contributed by atoms with E-state index in [-0.39, 0.29) is 12.6 Å². The molecule has 0 saturated carbocycles. The van der Waals surface area contributed by atoms with Crippen molar-refractivity contribution in [3.05, 3.63) is 35.9 Å². The van der Waals surface area contributed by atoms with E-state index >= 15 is 0 Å². The quantitative estimate of drug-likeness (QED) is 0.730. The Morgan fingerprint density at radius 1 is 1.30 bits per heavy atom. The fraction of sp³-hybridized carbons (Fsp3) is 0.625. The standard InChI is InChI=1S/C16H26NO5P/c1-4-20-23(19,21-5-2)16-11-15(12-18)22-17(16)13(3)14-9-7-6-8-10-14/h6-10,13,15-16,18H,4-5,11-12H2,1-3H3/t13-,15-,16+/m0/s1. The highest BCUT2D eigenvalue weighted by atomic mass is 31.2. The molecule has 0 spiro atoms. The van der Waals surface area contributed by atoms with E-state index < -0.39 is 19.5 Å². The molecule has 1 N–H and O–H groups in total. The van der Waals surface area contributed by atoms with Gasteiger partial charge in [0.1, 0.15) is 11.9 Å². The van der Waals surface area contributed by atoms with E-state index in [0.717, 1.165) is 5.56 Å². The van der Waals surface area contributed by atoms with E-state index in [2.05, 4.69) is 0 Å². The summed E-state index contributed by atoms with van der Waals surface area (Å²) in [5.74, 6) is -0.533. The van der Waals surface area contributed by atoms with Crippen LogP contribution in [0.25, 0.3) is 0 Å². The number of aliphatic hydroxyl groups excluding tert-OH is 1. The molecule has 1 fully saturated rings. The average Bonchev–Trinajstić information content (AvgIpc) is 3.00. The predicted octanol–water partition coefficient (Wildman–Crippen LogP) is 3.34. The minimum absolute atomic E-state index is 0.132. The third kappa shape index (κ3) is 4.21. The van der Waals surface area contributed by atoms with Crippen LogP contribution in [0.1, 0.15) is 38.8 Å². The molecule has 3 atom stereocenters. The number of hydrogen-bond donors (Lipinski definition) is 1. The van der Waals surface area contributed by atoms with E-state index in [1.165, 1.54) is 0 Å². The summed E-state index contributed by atoms with van der Waals surface area (Å²) in [4.78, 5) is 5.83. The Balaban J connectivity index is 2.29. The summed E-state index contributed by atoms with van der Waals surface area (Å²) >= 11 is 0. The summed E-state index contributed by atoms with van der Waals surface area (Å²) in [5, 5.41) is 11.1. The number of hydroxylamine groups is 2. The first-order valence-corrected chi connectivity index (χ1v) is 9.66. The van der Waals surface area contributed by atoms with E-state index in [9.17, 15) is 9.67 Å². The number of rotatable bonds is 8. The zero-order chi connectivity index (χ0) is 16.9. The van der Waals surface area contributed by atoms with Crippen LogP contribution in [0.4, 0.5) is 0 Å². The maximum atomic E-state index is 13.2. The fourth-order valence-corrected chi connectivity index (χ4v) is 4.96. The maximum absolute atomic E-state index is 13.2. The summed E-state index contributed by atoms with van der Waals surface area (Å²) in [5.41, 5.74) is 1.04. The Labute approximate surface area is 137 Å². The number of nitrogens with zero attached hydrogens (tertiary/aromatic N) is 1. The van der Waals surface area contributed by atoms with Crippen molar-refractivity contribution in [2.45, 2.75) is 45.1 Å². The smallest absolute Gasteiger partial charge is 0.350 e. The highest BCUT2D eigenvalue weighted by molar-refractivity contribution is 7.54. The predicted molar refractivity (Wildman–Crippen MR) is 87.9 cm³/mol. The van der Waals surface area contributed by atoms with Crippen molar-refractivity contribution in [3.8, 4) is 0 Å². The Morgan fingerprint density at radius 2 is 1.91 bits per heavy atom. The molecule has 6 nitrogen and oxygen atoms in total. The summed E-state index contributed by atoms with van der Waals surface area (Å²) in [6.45, 7) is 6.01. The second-order valence-electron chi connectivity index (χ2n) is 5.45. The monoisotopic (exact) mass is 343 g/mol. The first kappa shape index (κ1) is 18.6. The van der Waals surface area contributed by atoms with E-state index in [0.29, 0.717) is 19.6 Å². The minimum Gasteiger partial charge on any atom is -0.394 e. The lowest BCUT2D eigenvalue weighted by Gasteiger charge is -2.32. The Hall–Kier alpha value is -0.750. The molecule has 1 aromatic carbocycles. The van der Waals surface area contributed by atoms with Gasteiger partial charge in [-0.3, -0.25) is 9.40 Å². The molecule has 1 heterocycles. The Morgan fingerprint density at radius 3 is 2.43 bits per heavy atom. The van der Waals surface area contributed by atoms with Crippen molar-refractivity contribution in [2.75, 3.05) is 19.8 Å². The van der Waals surface area contributed by atoms with Crippen molar-refractivity contribution in [1.82, 2.24) is 5.06 Å². The van der Waals surface area contributed by atoms with Crippen molar-refractivity contribution in [2.24, 2.45) is 0 Å². The molecular formula is C16H26NO5P. The van der Waals surface area contributed by atoms with Gasteiger partial charge in [0.25, 0.3) is 0 Å². The zero-order valence-corrected chi connectivity index (χ0v) is 14.8. The van der Waals surface area contributed by atoms with E-state index in [1.54, 1.807) is 18.9 Å². The largest absolute Gasteiger partial charge is 0.394 e. The molecule has 130 valence electrons. The second kappa shape index (κ2) is 8.38. The number of benzene rings is 1. The van der Waals surface area contributed by atoms with Crippen LogP contribution in [0, 0.1) is 0 Å². The molecule has 1 saturated heterocycles. The molecule has 23 heavy (non-hydrogen) atoms. The lowest BCUT2D eigenvalue weighted by atomic mass is 10.1. The SMILES string of the molecule is CCOP(=O)(OCC)[C@@H]1C[C@@H](CO)ON1[C@@H](C)c1ccccc1. The molecule has 0 aliphatic carbocycles. The van der Waals surface area contributed by atoms with Gasteiger partial charge in [-0.2, -0.15) is 5.06 Å². The number of aliphatic hydroxyl groups is 1. The van der Waals surface area contributed by atoms with Gasteiger partial charge >= 0.3 is 7.60 Å². The van der Waals surface area contributed by atoms with Gasteiger partial charge in [0, 0.05) is 6.42 Å². The van der Waals surface area contributed by atoms with Crippen molar-refractivity contribution in [3.63, 3.8) is 0 Å². The van der Waals surface area contributed by atoms with E-state index in [1.807, 2.05) is 37.3 Å². The summed E-state index contributed by atoms with van der Waals surface area (Å²) in [6, 6.07) is 9.69. The molecule has 0 bridgehead atoms. The maximum Gasteiger partial charge on any atom is 0.350 e. The highest BCUT2D eigenvalue weighted by Gasteiger charge is 2.49. The van der Waals surface area contributed by atoms with Gasteiger partial charge < -0.3 is 14.2 Å². The van der Waals surface area contributed by atoms with E-state index in [4.69, 9.17) is 13.9 Å². The van der Waals surface area contributed by atoms with Crippen LogP contribution in [0.2, 0.25) is 0 Å². The summed E-state index contributed by atoms with van der Waals surface area (Å²) < 4.78 is 24.2. The van der Waals surface area contributed by atoms with Crippen LogP contribution >= 0.6 is 7.60 Å². The summed E-state index contributed by atoms with van der Waals surface area (Å²) in [6.07, 6.45) is 0.00528. The Bertz CT molecular complexity index is 516. The van der Waals surface area contributed by atoms with Crippen LogP contribution in [0.5, 0.6) is 0 Å². The molecular weight excluding hydrogens is 317 g/mol. The van der Waals surface area contributed by atoms with Gasteiger partial charge in [-0.05, 0) is 26.3 Å². The molecule has 1 aliphatic rings. The molecule has 1 aliphatic heterocycles. The van der Waals surface area contributed by atoms with Crippen LogP contribution in [-0.4, -0.2) is 41.9 Å².